The zero-order valence-electron chi connectivity index (χ0n) is 13.4. The molecule has 3 heterocycles. The normalized spacial score (nSPS) is 25.6. The predicted molar refractivity (Wildman–Crippen MR) is 83.7 cm³/mol. The van der Waals surface area contributed by atoms with Gasteiger partial charge < -0.3 is 14.9 Å². The van der Waals surface area contributed by atoms with E-state index >= 15 is 0 Å². The fourth-order valence-electron chi connectivity index (χ4n) is 3.48. The molecule has 6 heteroatoms. The van der Waals surface area contributed by atoms with Crippen molar-refractivity contribution in [2.75, 3.05) is 31.1 Å². The summed E-state index contributed by atoms with van der Waals surface area (Å²) in [5.41, 5.74) is -0.377. The summed E-state index contributed by atoms with van der Waals surface area (Å²) < 4.78 is 0. The van der Waals surface area contributed by atoms with Crippen molar-refractivity contribution in [1.82, 2.24) is 14.9 Å². The zero-order chi connectivity index (χ0) is 15.7. The van der Waals surface area contributed by atoms with Crippen LogP contribution in [0.5, 0.6) is 0 Å². The number of β-amino-alcohol motifs (C(OH)–C–C–N with tert-alkyl or cyclic N) is 1. The Kier molecular flexibility index (Phi) is 4.04. The van der Waals surface area contributed by atoms with Gasteiger partial charge in [0, 0.05) is 31.4 Å². The van der Waals surface area contributed by atoms with Crippen molar-refractivity contribution in [1.29, 1.82) is 0 Å². The molecule has 2 saturated heterocycles. The molecule has 2 aliphatic heterocycles. The number of piperidine rings is 1. The molecule has 0 aromatic carbocycles. The van der Waals surface area contributed by atoms with Crippen LogP contribution < -0.4 is 4.90 Å². The number of carbonyl (C=O) groups excluding carboxylic acids is 1. The van der Waals surface area contributed by atoms with Gasteiger partial charge in [0.2, 0.25) is 0 Å². The Bertz CT molecular complexity index is 551. The van der Waals surface area contributed by atoms with E-state index in [-0.39, 0.29) is 5.91 Å². The maximum absolute atomic E-state index is 12.6. The van der Waals surface area contributed by atoms with Crippen LogP contribution in [0.2, 0.25) is 0 Å². The molecule has 22 heavy (non-hydrogen) atoms. The Hall–Kier alpha value is -1.69. The van der Waals surface area contributed by atoms with Crippen molar-refractivity contribution in [3.63, 3.8) is 0 Å². The molecule has 1 atom stereocenters. The summed E-state index contributed by atoms with van der Waals surface area (Å²) in [5.74, 6) is 1.41. The molecule has 3 rings (SSSR count). The van der Waals surface area contributed by atoms with E-state index in [1.54, 1.807) is 4.90 Å². The molecule has 2 fully saturated rings. The SMILES string of the molecule is Cc1cc(N2CCC[C@@](O)(C(=O)N3CCCC3)C2)nc(C)n1. The monoisotopic (exact) mass is 304 g/mol. The van der Waals surface area contributed by atoms with Gasteiger partial charge in [-0.05, 0) is 39.5 Å². The Labute approximate surface area is 131 Å². The van der Waals surface area contributed by atoms with E-state index < -0.39 is 5.60 Å². The Morgan fingerprint density at radius 3 is 2.59 bits per heavy atom. The summed E-state index contributed by atoms with van der Waals surface area (Å²) in [6.07, 6.45) is 3.39. The second kappa shape index (κ2) is 5.83. The van der Waals surface area contributed by atoms with E-state index in [4.69, 9.17) is 0 Å². The minimum Gasteiger partial charge on any atom is -0.378 e. The number of hydrogen-bond acceptors (Lipinski definition) is 5. The van der Waals surface area contributed by atoms with Gasteiger partial charge in [0.25, 0.3) is 5.91 Å². The van der Waals surface area contributed by atoms with Crippen LogP contribution in [-0.2, 0) is 4.79 Å². The number of aryl methyl sites for hydroxylation is 2. The maximum atomic E-state index is 12.6. The van der Waals surface area contributed by atoms with E-state index in [1.165, 1.54) is 0 Å². The lowest BCUT2D eigenvalue weighted by Crippen LogP contribution is -2.58. The third-order valence-corrected chi connectivity index (χ3v) is 4.54. The Balaban J connectivity index is 1.79. The lowest BCUT2D eigenvalue weighted by molar-refractivity contribution is -0.151. The zero-order valence-corrected chi connectivity index (χ0v) is 13.4. The van der Waals surface area contributed by atoms with Crippen LogP contribution in [0.4, 0.5) is 5.82 Å². The van der Waals surface area contributed by atoms with Crippen molar-refractivity contribution in [3.8, 4) is 0 Å². The summed E-state index contributed by atoms with van der Waals surface area (Å²) in [4.78, 5) is 25.2. The van der Waals surface area contributed by atoms with Crippen molar-refractivity contribution in [3.05, 3.63) is 17.6 Å². The number of hydrogen-bond donors (Lipinski definition) is 1. The molecule has 1 amide bonds. The average Bonchev–Trinajstić information content (AvgIpc) is 2.99. The molecule has 1 aromatic heterocycles. The highest BCUT2D eigenvalue weighted by Crippen LogP contribution is 2.28. The van der Waals surface area contributed by atoms with Crippen LogP contribution in [0.1, 0.15) is 37.2 Å². The van der Waals surface area contributed by atoms with Gasteiger partial charge in [-0.3, -0.25) is 4.79 Å². The number of rotatable bonds is 2. The molecule has 1 aromatic rings. The summed E-state index contributed by atoms with van der Waals surface area (Å²) in [6.45, 7) is 6.47. The maximum Gasteiger partial charge on any atom is 0.256 e. The van der Waals surface area contributed by atoms with Crippen molar-refractivity contribution in [2.24, 2.45) is 0 Å². The number of nitrogens with zero attached hydrogens (tertiary/aromatic N) is 4. The van der Waals surface area contributed by atoms with E-state index in [2.05, 4.69) is 9.97 Å². The fourth-order valence-corrected chi connectivity index (χ4v) is 3.48. The summed E-state index contributed by atoms with van der Waals surface area (Å²) >= 11 is 0. The smallest absolute Gasteiger partial charge is 0.256 e. The first-order valence-corrected chi connectivity index (χ1v) is 8.07. The lowest BCUT2D eigenvalue weighted by Gasteiger charge is -2.40. The standard InChI is InChI=1S/C16H24N4O2/c1-12-10-14(18-13(2)17-12)20-9-5-6-16(22,11-20)15(21)19-7-3-4-8-19/h10,22H,3-9,11H2,1-2H3/t16-/m0/s1. The molecule has 6 nitrogen and oxygen atoms in total. The molecule has 0 saturated carbocycles. The number of aliphatic hydroxyl groups is 1. The molecule has 0 radical (unpaired) electrons. The third kappa shape index (κ3) is 2.92. The second-order valence-corrected chi connectivity index (χ2v) is 6.47. The molecule has 0 unspecified atom stereocenters. The minimum absolute atomic E-state index is 0.114. The number of likely N-dealkylation sites (tertiary alicyclic amines) is 1. The van der Waals surface area contributed by atoms with Crippen LogP contribution in [0, 0.1) is 13.8 Å². The van der Waals surface area contributed by atoms with Gasteiger partial charge in [0.15, 0.2) is 5.60 Å². The minimum atomic E-state index is -1.28. The molecule has 0 spiro atoms. The molecule has 1 N–H and O–H groups in total. The summed E-state index contributed by atoms with van der Waals surface area (Å²) in [7, 11) is 0. The number of aromatic nitrogens is 2. The van der Waals surface area contributed by atoms with Gasteiger partial charge in [-0.1, -0.05) is 0 Å². The first-order chi connectivity index (χ1) is 10.5. The third-order valence-electron chi connectivity index (χ3n) is 4.54. The highest BCUT2D eigenvalue weighted by Gasteiger charge is 2.43. The molecular weight excluding hydrogens is 280 g/mol. The Morgan fingerprint density at radius 2 is 1.91 bits per heavy atom. The van der Waals surface area contributed by atoms with E-state index in [0.29, 0.717) is 13.0 Å². The van der Waals surface area contributed by atoms with Crippen LogP contribution in [-0.4, -0.2) is 57.7 Å². The molecule has 0 bridgehead atoms. The summed E-state index contributed by atoms with van der Waals surface area (Å²) in [6, 6.07) is 1.92. The van der Waals surface area contributed by atoms with E-state index in [9.17, 15) is 9.90 Å². The number of anilines is 1. The van der Waals surface area contributed by atoms with Crippen LogP contribution in [0.3, 0.4) is 0 Å². The average molecular weight is 304 g/mol. The quantitative estimate of drug-likeness (QED) is 0.884. The molecule has 0 aliphatic carbocycles. The highest BCUT2D eigenvalue weighted by atomic mass is 16.3. The largest absolute Gasteiger partial charge is 0.378 e. The second-order valence-electron chi connectivity index (χ2n) is 6.47. The van der Waals surface area contributed by atoms with Crippen LogP contribution in [0.25, 0.3) is 0 Å². The van der Waals surface area contributed by atoms with Gasteiger partial charge in [0.1, 0.15) is 11.6 Å². The van der Waals surface area contributed by atoms with Gasteiger partial charge in [-0.2, -0.15) is 0 Å². The van der Waals surface area contributed by atoms with E-state index in [1.807, 2.05) is 24.8 Å². The van der Waals surface area contributed by atoms with Crippen LogP contribution >= 0.6 is 0 Å². The first-order valence-electron chi connectivity index (χ1n) is 8.07. The first kappa shape index (κ1) is 15.2. The van der Waals surface area contributed by atoms with Crippen molar-refractivity contribution < 1.29 is 9.90 Å². The highest BCUT2D eigenvalue weighted by molar-refractivity contribution is 5.86. The predicted octanol–water partition coefficient (Wildman–Crippen LogP) is 1.05. The van der Waals surface area contributed by atoms with E-state index in [0.717, 1.165) is 56.2 Å². The van der Waals surface area contributed by atoms with Crippen molar-refractivity contribution in [2.45, 2.75) is 45.1 Å². The van der Waals surface area contributed by atoms with Gasteiger partial charge in [0.05, 0.1) is 6.54 Å². The van der Waals surface area contributed by atoms with Crippen molar-refractivity contribution >= 4 is 11.7 Å². The van der Waals surface area contributed by atoms with Gasteiger partial charge in [-0.25, -0.2) is 9.97 Å². The van der Waals surface area contributed by atoms with Gasteiger partial charge >= 0.3 is 0 Å². The number of carbonyl (C=O) groups is 1. The summed E-state index contributed by atoms with van der Waals surface area (Å²) in [5, 5.41) is 10.9. The number of amides is 1. The molecular formula is C16H24N4O2. The van der Waals surface area contributed by atoms with Crippen LogP contribution in [0.15, 0.2) is 6.07 Å². The lowest BCUT2D eigenvalue weighted by atomic mass is 9.91. The Morgan fingerprint density at radius 1 is 1.18 bits per heavy atom. The van der Waals surface area contributed by atoms with Gasteiger partial charge in [-0.15, -0.1) is 0 Å². The molecule has 120 valence electrons. The fraction of sp³-hybridized carbons (Fsp3) is 0.688. The molecule has 2 aliphatic rings. The topological polar surface area (TPSA) is 69.6 Å².